The van der Waals surface area contributed by atoms with Crippen molar-refractivity contribution < 1.29 is 23.0 Å². The predicted octanol–water partition coefficient (Wildman–Crippen LogP) is 2.60. The molecular formula is C12H11F3N2O2. The first-order valence-electron chi connectivity index (χ1n) is 5.36. The standard InChI is InChI=1S/C12H11F3N2O2/c1-19-8-2-3-9(10(4-8)12(13,14)15)11-16-5-7(6-18)17-11/h2-5,18H,6H2,1H3,(H,16,17). The highest BCUT2D eigenvalue weighted by molar-refractivity contribution is 5.63. The van der Waals surface area contributed by atoms with Crippen LogP contribution in [0.5, 0.6) is 5.75 Å². The summed E-state index contributed by atoms with van der Waals surface area (Å²) in [5.74, 6) is 0.170. The van der Waals surface area contributed by atoms with Crippen LogP contribution in [0.4, 0.5) is 13.2 Å². The van der Waals surface area contributed by atoms with Crippen molar-refractivity contribution in [2.75, 3.05) is 7.11 Å². The first-order chi connectivity index (χ1) is 8.95. The van der Waals surface area contributed by atoms with Crippen LogP contribution in [0.1, 0.15) is 11.3 Å². The van der Waals surface area contributed by atoms with Crippen LogP contribution in [0.3, 0.4) is 0 Å². The van der Waals surface area contributed by atoms with Gasteiger partial charge in [-0.15, -0.1) is 0 Å². The van der Waals surface area contributed by atoms with Crippen LogP contribution in [0.25, 0.3) is 11.4 Å². The molecule has 19 heavy (non-hydrogen) atoms. The van der Waals surface area contributed by atoms with E-state index in [1.165, 1.54) is 25.4 Å². The third-order valence-corrected chi connectivity index (χ3v) is 2.59. The summed E-state index contributed by atoms with van der Waals surface area (Å²) in [4.78, 5) is 6.46. The fourth-order valence-electron chi connectivity index (χ4n) is 1.67. The Bertz CT molecular complexity index is 579. The highest BCUT2D eigenvalue weighted by Gasteiger charge is 2.34. The van der Waals surface area contributed by atoms with E-state index in [2.05, 4.69) is 9.97 Å². The predicted molar refractivity (Wildman–Crippen MR) is 61.5 cm³/mol. The Hall–Kier alpha value is -2.02. The van der Waals surface area contributed by atoms with E-state index in [-0.39, 0.29) is 23.7 Å². The van der Waals surface area contributed by atoms with E-state index in [0.717, 1.165) is 6.07 Å². The molecule has 4 nitrogen and oxygen atoms in total. The molecule has 2 N–H and O–H groups in total. The molecule has 0 bridgehead atoms. The van der Waals surface area contributed by atoms with Crippen molar-refractivity contribution in [2.24, 2.45) is 0 Å². The number of halogens is 3. The molecule has 0 saturated heterocycles. The SMILES string of the molecule is COc1ccc(-c2ncc(CO)[nH]2)c(C(F)(F)F)c1. The fourth-order valence-corrected chi connectivity index (χ4v) is 1.67. The summed E-state index contributed by atoms with van der Waals surface area (Å²) in [6.07, 6.45) is -3.23. The van der Waals surface area contributed by atoms with Crippen molar-refractivity contribution in [3.8, 4) is 17.1 Å². The van der Waals surface area contributed by atoms with Crippen molar-refractivity contribution >= 4 is 0 Å². The summed E-state index contributed by atoms with van der Waals surface area (Å²) in [6, 6.07) is 3.61. The highest BCUT2D eigenvalue weighted by atomic mass is 19.4. The Morgan fingerprint density at radius 2 is 2.11 bits per heavy atom. The van der Waals surface area contributed by atoms with Crippen LogP contribution < -0.4 is 4.74 Å². The molecule has 0 saturated carbocycles. The number of ether oxygens (including phenoxy) is 1. The molecule has 0 spiro atoms. The zero-order chi connectivity index (χ0) is 14.0. The van der Waals surface area contributed by atoms with Crippen LogP contribution >= 0.6 is 0 Å². The van der Waals surface area contributed by atoms with Gasteiger partial charge in [0, 0.05) is 5.56 Å². The van der Waals surface area contributed by atoms with Gasteiger partial charge in [-0.3, -0.25) is 0 Å². The van der Waals surface area contributed by atoms with Crippen LogP contribution in [0.2, 0.25) is 0 Å². The summed E-state index contributed by atoms with van der Waals surface area (Å²) in [7, 11) is 1.30. The van der Waals surface area contributed by atoms with Crippen molar-refractivity contribution in [1.82, 2.24) is 9.97 Å². The topological polar surface area (TPSA) is 58.1 Å². The van der Waals surface area contributed by atoms with Gasteiger partial charge in [-0.1, -0.05) is 0 Å². The smallest absolute Gasteiger partial charge is 0.417 e. The average molecular weight is 272 g/mol. The Morgan fingerprint density at radius 3 is 2.63 bits per heavy atom. The number of rotatable bonds is 3. The first-order valence-corrected chi connectivity index (χ1v) is 5.36. The number of aromatic amines is 1. The molecule has 102 valence electrons. The van der Waals surface area contributed by atoms with Crippen LogP contribution in [0.15, 0.2) is 24.4 Å². The molecule has 0 aliphatic rings. The monoisotopic (exact) mass is 272 g/mol. The maximum absolute atomic E-state index is 13.0. The normalized spacial score (nSPS) is 11.6. The maximum Gasteiger partial charge on any atom is 0.417 e. The molecule has 0 atom stereocenters. The minimum absolute atomic E-state index is 0.0547. The number of nitrogens with one attached hydrogen (secondary N) is 1. The Balaban J connectivity index is 2.55. The number of aliphatic hydroxyl groups is 1. The number of benzene rings is 1. The van der Waals surface area contributed by atoms with E-state index in [1.54, 1.807) is 0 Å². The summed E-state index contributed by atoms with van der Waals surface area (Å²) in [6.45, 7) is -0.315. The Kier molecular flexibility index (Phi) is 3.48. The molecule has 0 aliphatic carbocycles. The van der Waals surface area contributed by atoms with Crippen LogP contribution in [0, 0.1) is 0 Å². The maximum atomic E-state index is 13.0. The van der Waals surface area contributed by atoms with Gasteiger partial charge in [0.25, 0.3) is 0 Å². The zero-order valence-corrected chi connectivity index (χ0v) is 9.95. The third kappa shape index (κ3) is 2.70. The van der Waals surface area contributed by atoms with E-state index in [4.69, 9.17) is 9.84 Å². The summed E-state index contributed by atoms with van der Waals surface area (Å²) >= 11 is 0. The van der Waals surface area contributed by atoms with Gasteiger partial charge in [0.2, 0.25) is 0 Å². The number of methoxy groups -OCH3 is 1. The van der Waals surface area contributed by atoms with E-state index < -0.39 is 11.7 Å². The molecular weight excluding hydrogens is 261 g/mol. The van der Waals surface area contributed by atoms with E-state index in [9.17, 15) is 13.2 Å². The second-order valence-corrected chi connectivity index (χ2v) is 3.82. The van der Waals surface area contributed by atoms with Gasteiger partial charge in [-0.25, -0.2) is 4.98 Å². The number of hydrogen-bond acceptors (Lipinski definition) is 3. The average Bonchev–Trinajstić information content (AvgIpc) is 2.85. The van der Waals surface area contributed by atoms with E-state index >= 15 is 0 Å². The molecule has 7 heteroatoms. The molecule has 0 fully saturated rings. The van der Waals surface area contributed by atoms with Gasteiger partial charge in [-0.2, -0.15) is 13.2 Å². The van der Waals surface area contributed by atoms with Gasteiger partial charge in [0.05, 0.1) is 31.2 Å². The lowest BCUT2D eigenvalue weighted by Crippen LogP contribution is -2.08. The van der Waals surface area contributed by atoms with Crippen molar-refractivity contribution in [1.29, 1.82) is 0 Å². The molecule has 0 unspecified atom stereocenters. The second kappa shape index (κ2) is 4.93. The molecule has 0 amide bonds. The van der Waals surface area contributed by atoms with E-state index in [1.807, 2.05) is 0 Å². The number of aromatic nitrogens is 2. The number of hydrogen-bond donors (Lipinski definition) is 2. The first kappa shape index (κ1) is 13.4. The molecule has 1 heterocycles. The zero-order valence-electron chi connectivity index (χ0n) is 9.95. The number of imidazole rings is 1. The van der Waals surface area contributed by atoms with Gasteiger partial charge in [0.1, 0.15) is 11.6 Å². The lowest BCUT2D eigenvalue weighted by Gasteiger charge is -2.12. The number of aliphatic hydroxyl groups excluding tert-OH is 1. The number of alkyl halides is 3. The van der Waals surface area contributed by atoms with Crippen molar-refractivity contribution in [3.05, 3.63) is 35.7 Å². The fraction of sp³-hybridized carbons (Fsp3) is 0.250. The molecule has 1 aromatic heterocycles. The second-order valence-electron chi connectivity index (χ2n) is 3.82. The van der Waals surface area contributed by atoms with Crippen molar-refractivity contribution in [2.45, 2.75) is 12.8 Å². The number of H-pyrrole nitrogens is 1. The van der Waals surface area contributed by atoms with Gasteiger partial charge in [-0.05, 0) is 18.2 Å². The van der Waals surface area contributed by atoms with Gasteiger partial charge in [0.15, 0.2) is 0 Å². The quantitative estimate of drug-likeness (QED) is 0.903. The van der Waals surface area contributed by atoms with Crippen LogP contribution in [-0.2, 0) is 12.8 Å². The minimum Gasteiger partial charge on any atom is -0.497 e. The Morgan fingerprint density at radius 1 is 1.37 bits per heavy atom. The highest BCUT2D eigenvalue weighted by Crippen LogP contribution is 2.38. The molecule has 0 aliphatic heterocycles. The summed E-state index contributed by atoms with van der Waals surface area (Å²) < 4.78 is 43.8. The molecule has 2 rings (SSSR count). The lowest BCUT2D eigenvalue weighted by molar-refractivity contribution is -0.137. The summed E-state index contributed by atoms with van der Waals surface area (Å²) in [5.41, 5.74) is -0.586. The van der Waals surface area contributed by atoms with E-state index in [0.29, 0.717) is 5.69 Å². The van der Waals surface area contributed by atoms with Gasteiger partial charge >= 0.3 is 6.18 Å². The Labute approximate surface area is 106 Å². The summed E-state index contributed by atoms with van der Waals surface area (Å²) in [5, 5.41) is 8.90. The van der Waals surface area contributed by atoms with Crippen molar-refractivity contribution in [3.63, 3.8) is 0 Å². The number of nitrogens with zero attached hydrogens (tertiary/aromatic N) is 1. The third-order valence-electron chi connectivity index (χ3n) is 2.59. The lowest BCUT2D eigenvalue weighted by atomic mass is 10.1. The molecule has 1 aromatic carbocycles. The van der Waals surface area contributed by atoms with Crippen LogP contribution in [-0.4, -0.2) is 22.2 Å². The van der Waals surface area contributed by atoms with Gasteiger partial charge < -0.3 is 14.8 Å². The largest absolute Gasteiger partial charge is 0.497 e. The minimum atomic E-state index is -4.52. The molecule has 0 radical (unpaired) electrons. The molecule has 2 aromatic rings.